The largest absolute Gasteiger partial charge is 0.349 e. The van der Waals surface area contributed by atoms with Crippen molar-refractivity contribution in [1.29, 1.82) is 0 Å². The fourth-order valence-corrected chi connectivity index (χ4v) is 4.80. The van der Waals surface area contributed by atoms with Crippen molar-refractivity contribution in [3.63, 3.8) is 0 Å². The molecule has 1 aliphatic heterocycles. The van der Waals surface area contributed by atoms with Crippen LogP contribution in [0.15, 0.2) is 11.5 Å². The third kappa shape index (κ3) is 3.69. The zero-order chi connectivity index (χ0) is 14.1. The predicted molar refractivity (Wildman–Crippen MR) is 71.5 cm³/mol. The van der Waals surface area contributed by atoms with Gasteiger partial charge >= 0.3 is 0 Å². The quantitative estimate of drug-likeness (QED) is 0.761. The van der Waals surface area contributed by atoms with Gasteiger partial charge in [-0.2, -0.15) is 0 Å². The Morgan fingerprint density at radius 2 is 2.37 bits per heavy atom. The molecule has 0 saturated carbocycles. The zero-order valence-corrected chi connectivity index (χ0v) is 12.4. The van der Waals surface area contributed by atoms with Gasteiger partial charge in [0.15, 0.2) is 15.0 Å². The molecule has 1 aliphatic rings. The number of nitrogens with one attached hydrogen (secondary N) is 1. The van der Waals surface area contributed by atoms with Gasteiger partial charge in [0, 0.05) is 7.05 Å². The summed E-state index contributed by atoms with van der Waals surface area (Å²) in [7, 11) is -1.22. The van der Waals surface area contributed by atoms with Gasteiger partial charge in [0.25, 0.3) is 0 Å². The number of carbonyl (C=O) groups excluding carboxylic acids is 1. The fraction of sp³-hybridized carbons (Fsp3) is 0.700. The molecule has 9 heteroatoms. The monoisotopic (exact) mass is 304 g/mol. The number of carbonyl (C=O) groups is 1. The van der Waals surface area contributed by atoms with Crippen molar-refractivity contribution < 1.29 is 13.2 Å². The summed E-state index contributed by atoms with van der Waals surface area (Å²) in [6.45, 7) is 1.77. The van der Waals surface area contributed by atoms with E-state index in [1.165, 1.54) is 11.8 Å². The lowest BCUT2D eigenvalue weighted by Crippen LogP contribution is -2.47. The first-order valence-corrected chi connectivity index (χ1v) is 8.59. The number of amides is 1. The first kappa shape index (κ1) is 14.3. The second-order valence-electron chi connectivity index (χ2n) is 4.96. The maximum Gasteiger partial charge on any atom is 0.230 e. The molecule has 0 aliphatic carbocycles. The number of aryl methyl sites for hydroxylation is 1. The zero-order valence-electron chi connectivity index (χ0n) is 10.8. The topological polar surface area (TPSA) is 93.9 Å². The highest BCUT2D eigenvalue weighted by atomic mass is 32.2. The molecule has 0 radical (unpaired) electrons. The van der Waals surface area contributed by atoms with Gasteiger partial charge in [-0.3, -0.25) is 4.79 Å². The van der Waals surface area contributed by atoms with Crippen molar-refractivity contribution in [3.8, 4) is 0 Å². The normalized spacial score (nSPS) is 25.4. The van der Waals surface area contributed by atoms with E-state index < -0.39 is 15.4 Å². The number of sulfone groups is 1. The highest BCUT2D eigenvalue weighted by Crippen LogP contribution is 2.23. The molecule has 19 heavy (non-hydrogen) atoms. The average molecular weight is 304 g/mol. The van der Waals surface area contributed by atoms with Gasteiger partial charge in [-0.1, -0.05) is 11.8 Å². The Balaban J connectivity index is 1.87. The molecule has 1 fully saturated rings. The Morgan fingerprint density at radius 3 is 2.89 bits per heavy atom. The van der Waals surface area contributed by atoms with E-state index in [2.05, 4.69) is 15.5 Å². The molecule has 7 nitrogen and oxygen atoms in total. The molecule has 1 atom stereocenters. The highest BCUT2D eigenvalue weighted by molar-refractivity contribution is 7.99. The molecule has 0 spiro atoms. The van der Waals surface area contributed by atoms with Crippen molar-refractivity contribution in [1.82, 2.24) is 20.1 Å². The number of nitrogens with zero attached hydrogens (tertiary/aromatic N) is 3. The molecule has 106 valence electrons. The molecule has 0 aromatic carbocycles. The minimum absolute atomic E-state index is 0.0143. The molecule has 1 N–H and O–H groups in total. The van der Waals surface area contributed by atoms with Gasteiger partial charge in [-0.05, 0) is 13.3 Å². The van der Waals surface area contributed by atoms with Gasteiger partial charge in [-0.25, -0.2) is 8.42 Å². The van der Waals surface area contributed by atoms with E-state index in [1.807, 2.05) is 0 Å². The number of thioether (sulfide) groups is 1. The van der Waals surface area contributed by atoms with Crippen LogP contribution >= 0.6 is 11.8 Å². The molecule has 1 saturated heterocycles. The van der Waals surface area contributed by atoms with Crippen LogP contribution in [0, 0.1) is 0 Å². The van der Waals surface area contributed by atoms with Crippen LogP contribution in [0.25, 0.3) is 0 Å². The summed E-state index contributed by atoms with van der Waals surface area (Å²) in [5, 5.41) is 11.0. The Bertz CT molecular complexity index is 583. The standard InChI is InChI=1S/C10H16N4O3S2/c1-10(3-4-19(16,17)6-10)12-8(15)5-18-9-13-11-7-14(9)2/h7H,3-6H2,1-2H3,(H,12,15)/t10-/m1/s1. The van der Waals surface area contributed by atoms with Crippen LogP contribution in [-0.4, -0.2) is 51.9 Å². The van der Waals surface area contributed by atoms with Crippen LogP contribution < -0.4 is 5.32 Å². The van der Waals surface area contributed by atoms with Gasteiger partial charge in [0.05, 0.1) is 22.8 Å². The van der Waals surface area contributed by atoms with E-state index >= 15 is 0 Å². The summed E-state index contributed by atoms with van der Waals surface area (Å²) in [6, 6.07) is 0. The van der Waals surface area contributed by atoms with Crippen molar-refractivity contribution >= 4 is 27.5 Å². The summed E-state index contributed by atoms with van der Waals surface area (Å²) in [6.07, 6.45) is 2.03. The molecule has 2 rings (SSSR count). The van der Waals surface area contributed by atoms with Crippen LogP contribution in [0.3, 0.4) is 0 Å². The first-order valence-electron chi connectivity index (χ1n) is 5.78. The number of hydrogen-bond acceptors (Lipinski definition) is 6. The van der Waals surface area contributed by atoms with E-state index in [0.29, 0.717) is 11.6 Å². The van der Waals surface area contributed by atoms with Crippen molar-refractivity contribution in [2.75, 3.05) is 17.3 Å². The molecule has 1 aromatic heterocycles. The summed E-state index contributed by atoms with van der Waals surface area (Å²) < 4.78 is 24.6. The molecule has 1 amide bonds. The highest BCUT2D eigenvalue weighted by Gasteiger charge is 2.39. The third-order valence-electron chi connectivity index (χ3n) is 2.95. The van der Waals surface area contributed by atoms with Crippen LogP contribution in [0.4, 0.5) is 0 Å². The van der Waals surface area contributed by atoms with Gasteiger partial charge in [0.1, 0.15) is 6.33 Å². The minimum Gasteiger partial charge on any atom is -0.349 e. The maximum absolute atomic E-state index is 11.8. The summed E-state index contributed by atoms with van der Waals surface area (Å²) >= 11 is 1.27. The van der Waals surface area contributed by atoms with Crippen LogP contribution in [0.2, 0.25) is 0 Å². The molecule has 0 unspecified atom stereocenters. The van der Waals surface area contributed by atoms with Crippen LogP contribution in [0.5, 0.6) is 0 Å². The Kier molecular flexibility index (Phi) is 3.86. The second-order valence-corrected chi connectivity index (χ2v) is 8.09. The summed E-state index contributed by atoms with van der Waals surface area (Å²) in [5.41, 5.74) is -0.642. The number of aromatic nitrogens is 3. The van der Waals surface area contributed by atoms with Crippen molar-refractivity contribution in [2.45, 2.75) is 24.0 Å². The molecular formula is C10H16N4O3S2. The average Bonchev–Trinajstić information content (AvgIpc) is 2.80. The van der Waals surface area contributed by atoms with Crippen molar-refractivity contribution in [2.24, 2.45) is 7.05 Å². The third-order valence-corrected chi connectivity index (χ3v) is 5.88. The fourth-order valence-electron chi connectivity index (χ4n) is 2.02. The molecular weight excluding hydrogens is 288 g/mol. The first-order chi connectivity index (χ1) is 8.80. The summed E-state index contributed by atoms with van der Waals surface area (Å²) in [5.74, 6) is 0.163. The molecule has 2 heterocycles. The predicted octanol–water partition coefficient (Wildman–Crippen LogP) is -0.399. The number of hydrogen-bond donors (Lipinski definition) is 1. The lowest BCUT2D eigenvalue weighted by molar-refractivity contribution is -0.120. The molecule has 0 bridgehead atoms. The van der Waals surface area contributed by atoms with Gasteiger partial charge < -0.3 is 9.88 Å². The maximum atomic E-state index is 11.8. The van der Waals surface area contributed by atoms with E-state index in [1.54, 1.807) is 24.9 Å². The van der Waals surface area contributed by atoms with Crippen LogP contribution in [-0.2, 0) is 21.7 Å². The Labute approximate surface area is 116 Å². The molecule has 1 aromatic rings. The SMILES string of the molecule is Cn1cnnc1SCC(=O)N[C@]1(C)CCS(=O)(=O)C1. The van der Waals surface area contributed by atoms with Crippen LogP contribution in [0.1, 0.15) is 13.3 Å². The lowest BCUT2D eigenvalue weighted by Gasteiger charge is -2.23. The van der Waals surface area contributed by atoms with E-state index in [4.69, 9.17) is 0 Å². The Morgan fingerprint density at radius 1 is 1.63 bits per heavy atom. The lowest BCUT2D eigenvalue weighted by atomic mass is 10.0. The van der Waals surface area contributed by atoms with Gasteiger partial charge in [0.2, 0.25) is 5.91 Å². The van der Waals surface area contributed by atoms with Crippen molar-refractivity contribution in [3.05, 3.63) is 6.33 Å². The summed E-state index contributed by atoms with van der Waals surface area (Å²) in [4.78, 5) is 11.8. The number of rotatable bonds is 4. The van der Waals surface area contributed by atoms with E-state index in [-0.39, 0.29) is 23.2 Å². The minimum atomic E-state index is -3.01. The second kappa shape index (κ2) is 5.12. The van der Waals surface area contributed by atoms with Gasteiger partial charge in [-0.15, -0.1) is 10.2 Å². The van der Waals surface area contributed by atoms with E-state index in [0.717, 1.165) is 0 Å². The van der Waals surface area contributed by atoms with E-state index in [9.17, 15) is 13.2 Å². The Hall–Kier alpha value is -1.09. The smallest absolute Gasteiger partial charge is 0.230 e.